The first kappa shape index (κ1) is 16.6. The SMILES string of the molecule is C=C.C=CC(=O)OCCCCOC(=O)C=C. The van der Waals surface area contributed by atoms with Crippen molar-refractivity contribution >= 4 is 11.9 Å². The monoisotopic (exact) mass is 226 g/mol. The van der Waals surface area contributed by atoms with Gasteiger partial charge in [0.15, 0.2) is 0 Å². The van der Waals surface area contributed by atoms with Gasteiger partial charge >= 0.3 is 11.9 Å². The fourth-order valence-electron chi connectivity index (χ4n) is 0.667. The molecule has 0 bridgehead atoms. The quantitative estimate of drug-likeness (QED) is 0.288. The molecule has 90 valence electrons. The first-order valence-electron chi connectivity index (χ1n) is 4.79. The van der Waals surface area contributed by atoms with Crippen LogP contribution in [0, 0.1) is 0 Å². The molecule has 0 aromatic rings. The summed E-state index contributed by atoms with van der Waals surface area (Å²) in [7, 11) is 0. The zero-order chi connectivity index (χ0) is 12.8. The molecule has 0 saturated heterocycles. The van der Waals surface area contributed by atoms with Crippen molar-refractivity contribution in [3.63, 3.8) is 0 Å². The Bertz CT molecular complexity index is 209. The summed E-state index contributed by atoms with van der Waals surface area (Å²) in [6, 6.07) is 0. The smallest absolute Gasteiger partial charge is 0.330 e. The molecule has 16 heavy (non-hydrogen) atoms. The summed E-state index contributed by atoms with van der Waals surface area (Å²) in [5, 5.41) is 0. The van der Waals surface area contributed by atoms with Gasteiger partial charge in [0, 0.05) is 12.2 Å². The summed E-state index contributed by atoms with van der Waals surface area (Å²) < 4.78 is 9.41. The highest BCUT2D eigenvalue weighted by Gasteiger charge is 1.97. The van der Waals surface area contributed by atoms with Crippen LogP contribution in [0.5, 0.6) is 0 Å². The van der Waals surface area contributed by atoms with Crippen molar-refractivity contribution in [2.24, 2.45) is 0 Å². The second-order valence-electron chi connectivity index (χ2n) is 2.45. The fourth-order valence-corrected chi connectivity index (χ4v) is 0.667. The fraction of sp³-hybridized carbons (Fsp3) is 0.333. The van der Waals surface area contributed by atoms with Crippen molar-refractivity contribution < 1.29 is 19.1 Å². The van der Waals surface area contributed by atoms with E-state index in [1.807, 2.05) is 0 Å². The molecule has 0 aliphatic rings. The Morgan fingerprint density at radius 1 is 0.875 bits per heavy atom. The summed E-state index contributed by atoms with van der Waals surface area (Å²) in [4.78, 5) is 21.1. The van der Waals surface area contributed by atoms with Crippen molar-refractivity contribution in [3.05, 3.63) is 38.5 Å². The largest absolute Gasteiger partial charge is 0.463 e. The van der Waals surface area contributed by atoms with E-state index in [0.29, 0.717) is 26.1 Å². The van der Waals surface area contributed by atoms with Gasteiger partial charge in [-0.1, -0.05) is 13.2 Å². The number of ether oxygens (including phenoxy) is 2. The molecule has 0 saturated carbocycles. The summed E-state index contributed by atoms with van der Waals surface area (Å²) in [5.41, 5.74) is 0. The average Bonchev–Trinajstić information content (AvgIpc) is 2.35. The molecule has 4 heteroatoms. The Morgan fingerprint density at radius 3 is 1.44 bits per heavy atom. The first-order valence-corrected chi connectivity index (χ1v) is 4.79. The van der Waals surface area contributed by atoms with E-state index in [1.54, 1.807) is 0 Å². The van der Waals surface area contributed by atoms with Gasteiger partial charge in [-0.25, -0.2) is 9.59 Å². The van der Waals surface area contributed by atoms with E-state index in [-0.39, 0.29) is 0 Å². The topological polar surface area (TPSA) is 52.6 Å². The number of rotatable bonds is 7. The Morgan fingerprint density at radius 2 is 1.19 bits per heavy atom. The molecule has 0 aromatic carbocycles. The highest BCUT2D eigenvalue weighted by molar-refractivity contribution is 5.81. The predicted molar refractivity (Wildman–Crippen MR) is 62.8 cm³/mol. The maximum Gasteiger partial charge on any atom is 0.330 e. The van der Waals surface area contributed by atoms with Crippen LogP contribution < -0.4 is 0 Å². The van der Waals surface area contributed by atoms with Gasteiger partial charge in [0.2, 0.25) is 0 Å². The molecule has 4 nitrogen and oxygen atoms in total. The predicted octanol–water partition coefficient (Wildman–Crippen LogP) is 2.03. The van der Waals surface area contributed by atoms with Gasteiger partial charge in [-0.3, -0.25) is 0 Å². The van der Waals surface area contributed by atoms with Gasteiger partial charge in [-0.15, -0.1) is 13.2 Å². The van der Waals surface area contributed by atoms with Gasteiger partial charge in [0.1, 0.15) is 0 Å². The van der Waals surface area contributed by atoms with Crippen molar-refractivity contribution in [2.45, 2.75) is 12.8 Å². The molecule has 0 radical (unpaired) electrons. The van der Waals surface area contributed by atoms with E-state index >= 15 is 0 Å². The van der Waals surface area contributed by atoms with Crippen LogP contribution in [0.1, 0.15) is 12.8 Å². The van der Waals surface area contributed by atoms with E-state index in [1.165, 1.54) is 0 Å². The lowest BCUT2D eigenvalue weighted by atomic mass is 10.3. The first-order chi connectivity index (χ1) is 7.70. The number of carbonyl (C=O) groups is 2. The maximum absolute atomic E-state index is 10.6. The van der Waals surface area contributed by atoms with Crippen LogP contribution >= 0.6 is 0 Å². The van der Waals surface area contributed by atoms with Crippen LogP contribution in [0.2, 0.25) is 0 Å². The van der Waals surface area contributed by atoms with Crippen molar-refractivity contribution in [2.75, 3.05) is 13.2 Å². The molecular weight excluding hydrogens is 208 g/mol. The van der Waals surface area contributed by atoms with Crippen LogP contribution in [0.3, 0.4) is 0 Å². The molecule has 0 aliphatic carbocycles. The molecule has 0 amide bonds. The normalized spacial score (nSPS) is 8.00. The molecular formula is C12H18O4. The van der Waals surface area contributed by atoms with Gasteiger partial charge in [-0.05, 0) is 12.8 Å². The third-order valence-electron chi connectivity index (χ3n) is 1.36. The van der Waals surface area contributed by atoms with Crippen LogP contribution in [-0.2, 0) is 19.1 Å². The van der Waals surface area contributed by atoms with Crippen LogP contribution in [0.15, 0.2) is 38.5 Å². The van der Waals surface area contributed by atoms with Gasteiger partial charge in [-0.2, -0.15) is 0 Å². The van der Waals surface area contributed by atoms with E-state index in [2.05, 4.69) is 26.3 Å². The highest BCUT2D eigenvalue weighted by atomic mass is 16.5. The minimum Gasteiger partial charge on any atom is -0.463 e. The highest BCUT2D eigenvalue weighted by Crippen LogP contribution is 1.93. The number of unbranched alkanes of at least 4 members (excludes halogenated alkanes) is 1. The van der Waals surface area contributed by atoms with Gasteiger partial charge in [0.05, 0.1) is 13.2 Å². The number of esters is 2. The lowest BCUT2D eigenvalue weighted by Crippen LogP contribution is -2.05. The second kappa shape index (κ2) is 13.2. The molecule has 0 atom stereocenters. The Balaban J connectivity index is 0. The molecule has 0 spiro atoms. The summed E-state index contributed by atoms with van der Waals surface area (Å²) in [6.07, 6.45) is 3.53. The third-order valence-corrected chi connectivity index (χ3v) is 1.36. The third kappa shape index (κ3) is 12.2. The zero-order valence-corrected chi connectivity index (χ0v) is 9.44. The van der Waals surface area contributed by atoms with Crippen molar-refractivity contribution in [3.8, 4) is 0 Å². The van der Waals surface area contributed by atoms with E-state index in [0.717, 1.165) is 12.2 Å². The molecule has 0 N–H and O–H groups in total. The Labute approximate surface area is 96.2 Å². The average molecular weight is 226 g/mol. The standard InChI is InChI=1S/C10H14O4.C2H4/c1-3-9(11)13-7-5-6-8-14-10(12)4-2;1-2/h3-4H,1-2,5-8H2;1-2H2. The molecule has 0 fully saturated rings. The molecule has 0 aliphatic heterocycles. The van der Waals surface area contributed by atoms with Crippen LogP contribution in [-0.4, -0.2) is 25.2 Å². The summed E-state index contributed by atoms with van der Waals surface area (Å²) in [5.74, 6) is -0.874. The van der Waals surface area contributed by atoms with Gasteiger partial charge in [0.25, 0.3) is 0 Å². The van der Waals surface area contributed by atoms with E-state index < -0.39 is 11.9 Å². The summed E-state index contributed by atoms with van der Waals surface area (Å²) in [6.45, 7) is 13.1. The Kier molecular flexibility index (Phi) is 13.6. The number of hydrogen-bond donors (Lipinski definition) is 0. The maximum atomic E-state index is 10.6. The lowest BCUT2D eigenvalue weighted by Gasteiger charge is -2.02. The number of carbonyl (C=O) groups excluding carboxylic acids is 2. The molecule has 0 heterocycles. The van der Waals surface area contributed by atoms with Crippen molar-refractivity contribution in [1.29, 1.82) is 0 Å². The summed E-state index contributed by atoms with van der Waals surface area (Å²) >= 11 is 0. The van der Waals surface area contributed by atoms with E-state index in [4.69, 9.17) is 9.47 Å². The molecule has 0 rings (SSSR count). The van der Waals surface area contributed by atoms with Crippen LogP contribution in [0.25, 0.3) is 0 Å². The zero-order valence-electron chi connectivity index (χ0n) is 9.44. The number of hydrogen-bond acceptors (Lipinski definition) is 4. The second-order valence-corrected chi connectivity index (χ2v) is 2.45. The minimum atomic E-state index is -0.437. The molecule has 0 aromatic heterocycles. The lowest BCUT2D eigenvalue weighted by molar-refractivity contribution is -0.140. The van der Waals surface area contributed by atoms with E-state index in [9.17, 15) is 9.59 Å². The minimum absolute atomic E-state index is 0.316. The molecule has 0 unspecified atom stereocenters. The van der Waals surface area contributed by atoms with Crippen molar-refractivity contribution in [1.82, 2.24) is 0 Å². The van der Waals surface area contributed by atoms with Gasteiger partial charge < -0.3 is 9.47 Å². The van der Waals surface area contributed by atoms with Crippen LogP contribution in [0.4, 0.5) is 0 Å². The Hall–Kier alpha value is -1.84.